The second-order valence-corrected chi connectivity index (χ2v) is 20.1. The molecule has 5 unspecified atom stereocenters. The maximum absolute atomic E-state index is 14.5. The minimum atomic E-state index is -2.46. The zero-order chi connectivity index (χ0) is 40.4. The second kappa shape index (κ2) is 16.3. The van der Waals surface area contributed by atoms with Crippen molar-refractivity contribution in [2.45, 2.75) is 102 Å². The summed E-state index contributed by atoms with van der Waals surface area (Å²) in [5, 5.41) is 16.5. The van der Waals surface area contributed by atoms with E-state index in [0.29, 0.717) is 40.9 Å². The van der Waals surface area contributed by atoms with E-state index in [4.69, 9.17) is 19.2 Å². The summed E-state index contributed by atoms with van der Waals surface area (Å²) in [6.45, 7) is 10.5. The van der Waals surface area contributed by atoms with Crippen LogP contribution < -0.4 is 20.1 Å². The fraction of sp³-hybridized carbons (Fsp3) is 0.500. The monoisotopic (exact) mass is 788 g/mol. The van der Waals surface area contributed by atoms with E-state index in [1.165, 1.54) is 4.90 Å². The Kier molecular flexibility index (Phi) is 11.9. The molecular weight excluding hydrogens is 735 g/mol. The maximum Gasteiger partial charge on any atom is 0.408 e. The molecule has 1 aromatic heterocycles. The van der Waals surface area contributed by atoms with Crippen LogP contribution >= 0.6 is 7.14 Å². The minimum Gasteiger partial charge on any atom is -0.488 e. The fourth-order valence-corrected chi connectivity index (χ4v) is 7.70. The lowest BCUT2D eigenvalue weighted by molar-refractivity contribution is -0.145. The van der Waals surface area contributed by atoms with E-state index in [1.54, 1.807) is 46.2 Å². The summed E-state index contributed by atoms with van der Waals surface area (Å²) in [5.74, 6) is -1.61. The van der Waals surface area contributed by atoms with Crippen LogP contribution in [0, 0.1) is 12.8 Å². The molecule has 56 heavy (non-hydrogen) atoms. The lowest BCUT2D eigenvalue weighted by Crippen LogP contribution is -2.56. The van der Waals surface area contributed by atoms with Gasteiger partial charge in [0.05, 0.1) is 17.8 Å². The van der Waals surface area contributed by atoms with Crippen LogP contribution in [0.1, 0.15) is 71.3 Å². The first kappa shape index (κ1) is 40.8. The first-order valence-electron chi connectivity index (χ1n) is 19.3. The number of alkyl carbamates (subject to hydrolysis) is 1. The Morgan fingerprint density at radius 1 is 1.07 bits per heavy atom. The number of benzene rings is 2. The minimum absolute atomic E-state index is 0.0000176. The van der Waals surface area contributed by atoms with E-state index in [1.807, 2.05) is 55.5 Å². The SMILES string of the molecule is Cc1ccc(-c2cc(OC3CC4C(=O)NC5(C(=O)O)CC5/C=C\CCCCCC(NC(=O)OC(C)(C)C)C(=O)N4C3)c3ccc(OCP(C)(C)=O)cc3n2)cc1. The first-order valence-corrected chi connectivity index (χ1v) is 22.1. The second-order valence-electron chi connectivity index (χ2n) is 16.7. The third kappa shape index (κ3) is 9.90. The van der Waals surface area contributed by atoms with Crippen molar-refractivity contribution >= 4 is 41.9 Å². The number of nitrogens with zero attached hydrogens (tertiary/aromatic N) is 2. The fourth-order valence-electron chi connectivity index (χ4n) is 7.24. The van der Waals surface area contributed by atoms with Gasteiger partial charge in [-0.2, -0.15) is 0 Å². The predicted molar refractivity (Wildman–Crippen MR) is 213 cm³/mol. The van der Waals surface area contributed by atoms with Crippen LogP contribution in [-0.4, -0.2) is 94.4 Å². The number of amides is 3. The van der Waals surface area contributed by atoms with E-state index in [2.05, 4.69) is 10.6 Å². The van der Waals surface area contributed by atoms with Crippen molar-refractivity contribution in [1.29, 1.82) is 0 Å². The number of carboxylic acids is 1. The van der Waals surface area contributed by atoms with Crippen LogP contribution in [0.15, 0.2) is 60.7 Å². The van der Waals surface area contributed by atoms with Crippen LogP contribution in [-0.2, 0) is 23.7 Å². The molecule has 0 radical (unpaired) electrons. The summed E-state index contributed by atoms with van der Waals surface area (Å²) in [7, 11) is -2.46. The number of fused-ring (bicyclic) bond motifs is 3. The number of carbonyl (C=O) groups excluding carboxylic acids is 3. The van der Waals surface area contributed by atoms with Gasteiger partial charge >= 0.3 is 12.1 Å². The standard InChI is InChI=1S/C42H53N4O9P/c1-26-14-16-27(17-15-26)33-22-36(31-19-18-29(20-34(31)43-33)53-25-56(5,6)52)54-30-21-35-37(47)45-42(39(49)50)23-28(42)12-10-8-7-9-11-13-32(38(48)46(35)24-30)44-40(51)55-41(2,3)4/h10,12,14-20,22,28,30,32,35H,7-9,11,13,21,23-25H2,1-6H3,(H,44,51)(H,45,47)(H,49,50)/b12-10-. The molecule has 14 heteroatoms. The molecule has 0 bridgehead atoms. The molecule has 3 N–H and O–H groups in total. The highest BCUT2D eigenvalue weighted by Crippen LogP contribution is 2.46. The number of ether oxygens (including phenoxy) is 3. The van der Waals surface area contributed by atoms with E-state index < -0.39 is 60.3 Å². The number of aliphatic carboxylic acids is 1. The number of hydrogen-bond donors (Lipinski definition) is 3. The highest BCUT2D eigenvalue weighted by atomic mass is 31.2. The van der Waals surface area contributed by atoms with Crippen molar-refractivity contribution in [2.24, 2.45) is 5.92 Å². The average Bonchev–Trinajstić information content (AvgIpc) is 3.65. The molecule has 3 amide bonds. The number of aryl methyl sites for hydroxylation is 1. The van der Waals surface area contributed by atoms with Crippen molar-refractivity contribution in [3.05, 3.63) is 66.2 Å². The summed E-state index contributed by atoms with van der Waals surface area (Å²) < 4.78 is 30.5. The number of nitrogens with one attached hydrogen (secondary N) is 2. The zero-order valence-corrected chi connectivity index (χ0v) is 33.9. The van der Waals surface area contributed by atoms with Gasteiger partial charge in [0.25, 0.3) is 0 Å². The highest BCUT2D eigenvalue weighted by Gasteiger charge is 2.61. The van der Waals surface area contributed by atoms with Crippen molar-refractivity contribution < 1.29 is 43.1 Å². The Labute approximate surface area is 327 Å². The molecule has 3 aromatic rings. The van der Waals surface area contributed by atoms with Crippen molar-refractivity contribution in [1.82, 2.24) is 20.5 Å². The van der Waals surface area contributed by atoms with Gasteiger partial charge in [-0.25, -0.2) is 14.6 Å². The number of carbonyl (C=O) groups is 4. The third-order valence-corrected chi connectivity index (χ3v) is 11.0. The summed E-state index contributed by atoms with van der Waals surface area (Å²) in [6, 6.07) is 13.0. The Morgan fingerprint density at radius 3 is 2.52 bits per heavy atom. The number of allylic oxidation sites excluding steroid dienone is 1. The molecule has 5 atom stereocenters. The van der Waals surface area contributed by atoms with Gasteiger partial charge in [-0.15, -0.1) is 0 Å². The Morgan fingerprint density at radius 2 is 1.82 bits per heavy atom. The van der Waals surface area contributed by atoms with Crippen molar-refractivity contribution in [3.8, 4) is 22.8 Å². The van der Waals surface area contributed by atoms with E-state index in [-0.39, 0.29) is 31.7 Å². The van der Waals surface area contributed by atoms with Crippen LogP contribution in [0.5, 0.6) is 11.5 Å². The number of aromatic nitrogens is 1. The van der Waals surface area contributed by atoms with Gasteiger partial charge in [0, 0.05) is 35.4 Å². The first-order chi connectivity index (χ1) is 26.4. The van der Waals surface area contributed by atoms with Crippen molar-refractivity contribution in [3.63, 3.8) is 0 Å². The summed E-state index contributed by atoms with van der Waals surface area (Å²) in [4.78, 5) is 60.6. The molecule has 3 heterocycles. The van der Waals surface area contributed by atoms with Gasteiger partial charge in [-0.1, -0.05) is 54.8 Å². The van der Waals surface area contributed by atoms with Gasteiger partial charge in [-0.05, 0) is 78.8 Å². The highest BCUT2D eigenvalue weighted by molar-refractivity contribution is 7.62. The topological polar surface area (TPSA) is 173 Å². The predicted octanol–water partition coefficient (Wildman–Crippen LogP) is 6.89. The average molecular weight is 789 g/mol. The number of rotatable bonds is 8. The van der Waals surface area contributed by atoms with Crippen LogP contribution in [0.4, 0.5) is 4.79 Å². The normalized spacial score (nSPS) is 25.1. The van der Waals surface area contributed by atoms with E-state index >= 15 is 0 Å². The summed E-state index contributed by atoms with van der Waals surface area (Å²) >= 11 is 0. The van der Waals surface area contributed by atoms with Gasteiger partial charge in [-0.3, -0.25) is 9.59 Å². The van der Waals surface area contributed by atoms with Crippen LogP contribution in [0.3, 0.4) is 0 Å². The molecule has 0 spiro atoms. The molecule has 300 valence electrons. The Hall–Kier alpha value is -4.90. The van der Waals surface area contributed by atoms with E-state index in [0.717, 1.165) is 30.4 Å². The molecule has 3 aliphatic rings. The van der Waals surface area contributed by atoms with Gasteiger partial charge in [0.15, 0.2) is 0 Å². The van der Waals surface area contributed by atoms with Crippen LogP contribution in [0.2, 0.25) is 0 Å². The van der Waals surface area contributed by atoms with Crippen molar-refractivity contribution in [2.75, 3.05) is 26.2 Å². The molecule has 1 saturated carbocycles. The van der Waals surface area contributed by atoms with Gasteiger partial charge in [0.2, 0.25) is 11.8 Å². The molecular formula is C42H53N4O9P. The molecule has 6 rings (SSSR count). The number of carboxylic acid groups (broad SMARTS) is 1. The Bertz CT molecular complexity index is 2060. The maximum atomic E-state index is 14.5. The molecule has 1 saturated heterocycles. The largest absolute Gasteiger partial charge is 0.488 e. The number of pyridine rings is 1. The van der Waals surface area contributed by atoms with Gasteiger partial charge < -0.3 is 39.4 Å². The summed E-state index contributed by atoms with van der Waals surface area (Å²) in [5.41, 5.74) is 0.851. The summed E-state index contributed by atoms with van der Waals surface area (Å²) in [6.07, 6.45) is 6.07. The zero-order valence-electron chi connectivity index (χ0n) is 33.0. The molecule has 2 fully saturated rings. The lowest BCUT2D eigenvalue weighted by atomic mass is 10.0. The third-order valence-electron chi connectivity index (χ3n) is 10.2. The number of hydrogen-bond acceptors (Lipinski definition) is 9. The molecule has 2 aliphatic heterocycles. The Balaban J connectivity index is 1.35. The quantitative estimate of drug-likeness (QED) is 0.161. The van der Waals surface area contributed by atoms with Gasteiger partial charge in [0.1, 0.15) is 54.3 Å². The molecule has 1 aliphatic carbocycles. The van der Waals surface area contributed by atoms with Crippen LogP contribution in [0.25, 0.3) is 22.2 Å². The molecule has 2 aromatic carbocycles. The lowest BCUT2D eigenvalue weighted by Gasteiger charge is -2.30. The van der Waals surface area contributed by atoms with E-state index in [9.17, 15) is 28.8 Å². The molecule has 13 nitrogen and oxygen atoms in total. The smallest absolute Gasteiger partial charge is 0.408 e.